The van der Waals surface area contributed by atoms with E-state index in [4.69, 9.17) is 14.5 Å². The molecule has 9 nitrogen and oxygen atoms in total. The van der Waals surface area contributed by atoms with Gasteiger partial charge in [-0.15, -0.1) is 0 Å². The number of aryl methyl sites for hydroxylation is 1. The molecule has 0 aliphatic carbocycles. The van der Waals surface area contributed by atoms with E-state index >= 15 is 0 Å². The van der Waals surface area contributed by atoms with E-state index in [1.54, 1.807) is 30.1 Å². The Morgan fingerprint density at radius 3 is 2.94 bits per heavy atom. The molecule has 1 atom stereocenters. The molecule has 0 saturated carbocycles. The zero-order chi connectivity index (χ0) is 24.9. The van der Waals surface area contributed by atoms with E-state index in [0.717, 1.165) is 35.2 Å². The highest BCUT2D eigenvalue weighted by atomic mass is 16.6. The number of pyridine rings is 2. The lowest BCUT2D eigenvalue weighted by atomic mass is 9.86. The molecule has 0 saturated heterocycles. The molecule has 0 unspecified atom stereocenters. The van der Waals surface area contributed by atoms with Crippen molar-refractivity contribution in [1.29, 1.82) is 0 Å². The van der Waals surface area contributed by atoms with Crippen LogP contribution in [-0.2, 0) is 34.8 Å². The summed E-state index contributed by atoms with van der Waals surface area (Å²) < 4.78 is 14.7. The number of ether oxygens (including phenoxy) is 2. The molecule has 182 valence electrons. The smallest absolute Gasteiger partial charge is 0.343 e. The number of aliphatic hydroxyl groups is 1. The van der Waals surface area contributed by atoms with Gasteiger partial charge in [0.15, 0.2) is 5.60 Å². The number of hydrogen-bond acceptors (Lipinski definition) is 7. The van der Waals surface area contributed by atoms with E-state index in [0.29, 0.717) is 35.7 Å². The highest BCUT2D eigenvalue weighted by Crippen LogP contribution is 2.38. The van der Waals surface area contributed by atoms with Gasteiger partial charge in [0.1, 0.15) is 18.6 Å². The molecule has 4 aromatic rings. The summed E-state index contributed by atoms with van der Waals surface area (Å²) in [4.78, 5) is 34.6. The van der Waals surface area contributed by atoms with Crippen LogP contribution in [0.5, 0.6) is 5.75 Å². The van der Waals surface area contributed by atoms with Crippen LogP contribution in [0.2, 0.25) is 0 Å². The molecule has 0 bridgehead atoms. The number of rotatable bonds is 6. The van der Waals surface area contributed by atoms with Crippen molar-refractivity contribution >= 4 is 16.9 Å². The Balaban J connectivity index is 1.29. The molecule has 36 heavy (non-hydrogen) atoms. The van der Waals surface area contributed by atoms with Crippen molar-refractivity contribution in [3.05, 3.63) is 82.2 Å². The first-order valence-electron chi connectivity index (χ1n) is 12.0. The van der Waals surface area contributed by atoms with Crippen molar-refractivity contribution in [1.82, 2.24) is 14.5 Å². The van der Waals surface area contributed by atoms with Gasteiger partial charge < -0.3 is 19.1 Å². The van der Waals surface area contributed by atoms with Crippen LogP contribution in [-0.4, -0.2) is 32.2 Å². The molecule has 0 amide bonds. The lowest BCUT2D eigenvalue weighted by molar-refractivity contribution is -0.700. The second-order valence-electron chi connectivity index (χ2n) is 9.15. The maximum atomic E-state index is 13.3. The van der Waals surface area contributed by atoms with E-state index in [2.05, 4.69) is 4.98 Å². The van der Waals surface area contributed by atoms with Crippen LogP contribution in [0.1, 0.15) is 36.5 Å². The van der Waals surface area contributed by atoms with Gasteiger partial charge >= 0.3 is 5.97 Å². The molecule has 3 aromatic heterocycles. The van der Waals surface area contributed by atoms with Gasteiger partial charge in [-0.2, -0.15) is 0 Å². The Kier molecular flexibility index (Phi) is 5.30. The number of cyclic esters (lactones) is 1. The van der Waals surface area contributed by atoms with Crippen LogP contribution in [0.25, 0.3) is 22.3 Å². The molecule has 2 aliphatic heterocycles. The summed E-state index contributed by atoms with van der Waals surface area (Å²) in [5, 5.41) is 11.9. The normalized spacial score (nSPS) is 17.9. The molecular formula is C27H25N4O5+. The monoisotopic (exact) mass is 485 g/mol. The minimum atomic E-state index is -1.83. The Morgan fingerprint density at radius 1 is 1.25 bits per heavy atom. The number of carbonyl (C=O) groups is 1. The first-order valence-corrected chi connectivity index (χ1v) is 12.0. The van der Waals surface area contributed by atoms with Gasteiger partial charge in [-0.05, 0) is 36.8 Å². The third kappa shape index (κ3) is 3.54. The quantitative estimate of drug-likeness (QED) is 0.223. The SMILES string of the molecule is CC[C@@]1(O)C(=O)OCc2c1cc1n(c2=O)Cc2cc3cc(OCCC[n+]4cccnc4)ccc3nc2-1. The minimum absolute atomic E-state index is 0.115. The van der Waals surface area contributed by atoms with Crippen molar-refractivity contribution in [2.24, 2.45) is 0 Å². The van der Waals surface area contributed by atoms with E-state index in [9.17, 15) is 14.7 Å². The highest BCUT2D eigenvalue weighted by Gasteiger charge is 2.45. The maximum absolute atomic E-state index is 13.3. The van der Waals surface area contributed by atoms with Gasteiger partial charge in [0.05, 0.1) is 48.4 Å². The predicted octanol–water partition coefficient (Wildman–Crippen LogP) is 2.23. The molecule has 0 spiro atoms. The summed E-state index contributed by atoms with van der Waals surface area (Å²) in [6.07, 6.45) is 6.47. The Hall–Kier alpha value is -4.11. The van der Waals surface area contributed by atoms with Crippen molar-refractivity contribution in [2.75, 3.05) is 6.61 Å². The fourth-order valence-electron chi connectivity index (χ4n) is 4.98. The molecule has 1 aromatic carbocycles. The lowest BCUT2D eigenvalue weighted by Gasteiger charge is -2.31. The molecule has 1 N–H and O–H groups in total. The number of fused-ring (bicyclic) bond motifs is 5. The zero-order valence-corrected chi connectivity index (χ0v) is 19.8. The number of hydrogen-bond donors (Lipinski definition) is 1. The number of esters is 1. The summed E-state index contributed by atoms with van der Waals surface area (Å²) in [7, 11) is 0. The predicted molar refractivity (Wildman–Crippen MR) is 129 cm³/mol. The first-order chi connectivity index (χ1) is 17.5. The molecule has 9 heteroatoms. The van der Waals surface area contributed by atoms with Gasteiger partial charge in [0.2, 0.25) is 0 Å². The van der Waals surface area contributed by atoms with Crippen LogP contribution in [0.3, 0.4) is 0 Å². The summed E-state index contributed by atoms with van der Waals surface area (Å²) in [5.74, 6) is 0.0327. The average Bonchev–Trinajstić information content (AvgIpc) is 3.26. The van der Waals surface area contributed by atoms with Gasteiger partial charge in [0, 0.05) is 29.0 Å². The van der Waals surface area contributed by atoms with Crippen LogP contribution in [0.15, 0.2) is 59.9 Å². The number of nitrogens with zero attached hydrogens (tertiary/aromatic N) is 4. The topological polar surface area (TPSA) is 107 Å². The molecule has 5 heterocycles. The van der Waals surface area contributed by atoms with Crippen LogP contribution in [0, 0.1) is 0 Å². The number of aromatic nitrogens is 4. The van der Waals surface area contributed by atoms with Gasteiger partial charge in [0.25, 0.3) is 11.9 Å². The molecular weight excluding hydrogens is 460 g/mol. The second kappa shape index (κ2) is 8.53. The molecule has 0 radical (unpaired) electrons. The van der Waals surface area contributed by atoms with E-state index in [-0.39, 0.29) is 18.6 Å². The fourth-order valence-corrected chi connectivity index (χ4v) is 4.98. The third-order valence-electron chi connectivity index (χ3n) is 6.97. The van der Waals surface area contributed by atoms with Gasteiger partial charge in [-0.25, -0.2) is 14.3 Å². The Labute approximate surface area is 206 Å². The first kappa shape index (κ1) is 22.4. The lowest BCUT2D eigenvalue weighted by Crippen LogP contribution is -2.44. The standard InChI is InChI=1S/C27H25N4O5/c1-2-27(34)21-13-23-24-18(14-31(23)25(32)20(21)15-36-26(27)33)11-17-12-19(5-6-22(17)29-24)35-10-4-9-30-8-3-7-28-16-30/h3,5-8,11-13,16,34H,2,4,9-10,14-15H2,1H3/q+1/t27-/m0/s1. The fraction of sp³-hybridized carbons (Fsp3) is 0.296. The Morgan fingerprint density at radius 2 is 2.14 bits per heavy atom. The summed E-state index contributed by atoms with van der Waals surface area (Å²) in [5.41, 5.74) is 1.51. The number of carbonyl (C=O) groups excluding carboxylic acids is 1. The van der Waals surface area contributed by atoms with Crippen molar-refractivity contribution in [3.8, 4) is 17.1 Å². The third-order valence-corrected chi connectivity index (χ3v) is 6.97. The average molecular weight is 486 g/mol. The van der Waals surface area contributed by atoms with Crippen LogP contribution in [0.4, 0.5) is 0 Å². The maximum Gasteiger partial charge on any atom is 0.343 e. The molecule has 2 aliphatic rings. The highest BCUT2D eigenvalue weighted by molar-refractivity contribution is 5.87. The zero-order valence-electron chi connectivity index (χ0n) is 19.8. The van der Waals surface area contributed by atoms with Crippen molar-refractivity contribution < 1.29 is 23.9 Å². The van der Waals surface area contributed by atoms with Crippen LogP contribution >= 0.6 is 0 Å². The largest absolute Gasteiger partial charge is 0.493 e. The Bertz CT molecular complexity index is 1570. The summed E-state index contributed by atoms with van der Waals surface area (Å²) in [6.45, 7) is 3.31. The van der Waals surface area contributed by atoms with Crippen LogP contribution < -0.4 is 14.9 Å². The van der Waals surface area contributed by atoms with E-state index < -0.39 is 11.6 Å². The van der Waals surface area contributed by atoms with E-state index in [1.807, 2.05) is 41.1 Å². The van der Waals surface area contributed by atoms with Gasteiger partial charge in [-0.3, -0.25) is 4.79 Å². The minimum Gasteiger partial charge on any atom is -0.493 e. The van der Waals surface area contributed by atoms with Crippen molar-refractivity contribution in [2.45, 2.75) is 45.1 Å². The summed E-state index contributed by atoms with van der Waals surface area (Å²) in [6, 6.07) is 11.4. The summed E-state index contributed by atoms with van der Waals surface area (Å²) >= 11 is 0. The van der Waals surface area contributed by atoms with Crippen molar-refractivity contribution in [3.63, 3.8) is 0 Å². The molecule has 0 fully saturated rings. The number of benzene rings is 1. The van der Waals surface area contributed by atoms with E-state index in [1.165, 1.54) is 0 Å². The van der Waals surface area contributed by atoms with Gasteiger partial charge in [-0.1, -0.05) is 11.9 Å². The second-order valence-corrected chi connectivity index (χ2v) is 9.15. The molecule has 6 rings (SSSR count).